The maximum absolute atomic E-state index is 6.34. The molecule has 0 heterocycles. The molecule has 0 bridgehead atoms. The first-order chi connectivity index (χ1) is 10.2. The zero-order chi connectivity index (χ0) is 15.2. The quantitative estimate of drug-likeness (QED) is 0.791. The van der Waals surface area contributed by atoms with E-state index in [0.29, 0.717) is 22.4 Å². The average molecular weight is 324 g/mol. The largest absolute Gasteiger partial charge is 0.492 e. The van der Waals surface area contributed by atoms with Gasteiger partial charge in [-0.25, -0.2) is 0 Å². The molecule has 4 heteroatoms. The fourth-order valence-electron chi connectivity index (χ4n) is 2.09. The predicted octanol–water partition coefficient (Wildman–Crippen LogP) is 5.17. The summed E-state index contributed by atoms with van der Waals surface area (Å²) < 4.78 is 5.45. The lowest BCUT2D eigenvalue weighted by atomic mass is 10.0. The van der Waals surface area contributed by atoms with Crippen LogP contribution in [0.3, 0.4) is 0 Å². The van der Waals surface area contributed by atoms with Crippen LogP contribution in [0.2, 0.25) is 10.0 Å². The van der Waals surface area contributed by atoms with Crippen molar-refractivity contribution in [1.82, 2.24) is 5.32 Å². The fourth-order valence-corrected chi connectivity index (χ4v) is 2.57. The van der Waals surface area contributed by atoms with Gasteiger partial charge in [0.1, 0.15) is 5.75 Å². The van der Waals surface area contributed by atoms with Gasteiger partial charge in [-0.05, 0) is 30.7 Å². The number of hydrogen-bond acceptors (Lipinski definition) is 2. The van der Waals surface area contributed by atoms with Crippen molar-refractivity contribution < 1.29 is 4.74 Å². The van der Waals surface area contributed by atoms with E-state index in [9.17, 15) is 0 Å². The number of rotatable bonds is 6. The van der Waals surface area contributed by atoms with Crippen LogP contribution in [0.1, 0.15) is 19.4 Å². The monoisotopic (exact) mass is 323 g/mol. The van der Waals surface area contributed by atoms with Gasteiger partial charge in [-0.1, -0.05) is 54.4 Å². The third-order valence-electron chi connectivity index (χ3n) is 3.17. The van der Waals surface area contributed by atoms with Crippen LogP contribution in [0, 0.1) is 0 Å². The first kappa shape index (κ1) is 16.2. The Morgan fingerprint density at radius 3 is 2.33 bits per heavy atom. The van der Waals surface area contributed by atoms with Gasteiger partial charge in [-0.3, -0.25) is 0 Å². The van der Waals surface area contributed by atoms with Crippen molar-refractivity contribution in [3.63, 3.8) is 0 Å². The highest BCUT2D eigenvalue weighted by atomic mass is 35.5. The molecule has 0 atom stereocenters. The standard InChI is InChI=1S/C17H19Cl2NO/c1-3-20-11-12-5-7-13(8-6-12)14-9-16(19)17(21-4-2)10-15(14)18/h5-10,20H,3-4,11H2,1-2H3. The molecular weight excluding hydrogens is 305 g/mol. The second kappa shape index (κ2) is 7.69. The van der Waals surface area contributed by atoms with E-state index in [0.717, 1.165) is 24.2 Å². The molecule has 0 aliphatic rings. The Hall–Kier alpha value is -1.22. The average Bonchev–Trinajstić information content (AvgIpc) is 2.49. The number of hydrogen-bond donors (Lipinski definition) is 1. The molecule has 2 aromatic carbocycles. The minimum atomic E-state index is 0.564. The molecule has 2 rings (SSSR count). The van der Waals surface area contributed by atoms with Crippen molar-refractivity contribution in [3.05, 3.63) is 52.0 Å². The molecular formula is C17H19Cl2NO. The highest BCUT2D eigenvalue weighted by Crippen LogP contribution is 2.36. The minimum absolute atomic E-state index is 0.564. The van der Waals surface area contributed by atoms with Crippen LogP contribution in [0.15, 0.2) is 36.4 Å². The summed E-state index contributed by atoms with van der Waals surface area (Å²) in [5, 5.41) is 4.52. The van der Waals surface area contributed by atoms with Crippen molar-refractivity contribution in [2.24, 2.45) is 0 Å². The molecule has 21 heavy (non-hydrogen) atoms. The molecule has 0 radical (unpaired) electrons. The lowest BCUT2D eigenvalue weighted by Gasteiger charge is -2.11. The van der Waals surface area contributed by atoms with Crippen LogP contribution in [-0.4, -0.2) is 13.2 Å². The zero-order valence-electron chi connectivity index (χ0n) is 12.2. The van der Waals surface area contributed by atoms with E-state index in [1.807, 2.05) is 13.0 Å². The maximum Gasteiger partial charge on any atom is 0.139 e. The smallest absolute Gasteiger partial charge is 0.139 e. The molecule has 112 valence electrons. The van der Waals surface area contributed by atoms with Gasteiger partial charge in [0.05, 0.1) is 16.7 Å². The summed E-state index contributed by atoms with van der Waals surface area (Å²) in [7, 11) is 0. The van der Waals surface area contributed by atoms with Crippen LogP contribution in [0.5, 0.6) is 5.75 Å². The van der Waals surface area contributed by atoms with E-state index in [-0.39, 0.29) is 0 Å². The van der Waals surface area contributed by atoms with E-state index in [4.69, 9.17) is 27.9 Å². The Bertz CT molecular complexity index is 596. The minimum Gasteiger partial charge on any atom is -0.492 e. The van der Waals surface area contributed by atoms with Crippen LogP contribution < -0.4 is 10.1 Å². The first-order valence-corrected chi connectivity index (χ1v) is 7.83. The van der Waals surface area contributed by atoms with Crippen molar-refractivity contribution in [1.29, 1.82) is 0 Å². The Morgan fingerprint density at radius 2 is 1.71 bits per heavy atom. The molecule has 2 nitrogen and oxygen atoms in total. The van der Waals surface area contributed by atoms with Crippen LogP contribution in [0.25, 0.3) is 11.1 Å². The van der Waals surface area contributed by atoms with E-state index in [1.54, 1.807) is 6.07 Å². The highest BCUT2D eigenvalue weighted by molar-refractivity contribution is 6.36. The summed E-state index contributed by atoms with van der Waals surface area (Å²) in [6.07, 6.45) is 0. The van der Waals surface area contributed by atoms with Gasteiger partial charge in [0.2, 0.25) is 0 Å². The van der Waals surface area contributed by atoms with Crippen molar-refractivity contribution in [3.8, 4) is 16.9 Å². The Labute approximate surface area is 136 Å². The van der Waals surface area contributed by atoms with Crippen molar-refractivity contribution in [2.45, 2.75) is 20.4 Å². The lowest BCUT2D eigenvalue weighted by Crippen LogP contribution is -2.11. The summed E-state index contributed by atoms with van der Waals surface area (Å²) in [5.41, 5.74) is 3.21. The van der Waals surface area contributed by atoms with Crippen molar-refractivity contribution in [2.75, 3.05) is 13.2 Å². The predicted molar refractivity (Wildman–Crippen MR) is 90.4 cm³/mol. The molecule has 0 aliphatic carbocycles. The normalized spacial score (nSPS) is 10.7. The third-order valence-corrected chi connectivity index (χ3v) is 3.77. The Balaban J connectivity index is 2.27. The van der Waals surface area contributed by atoms with Gasteiger partial charge < -0.3 is 10.1 Å². The Kier molecular flexibility index (Phi) is 5.92. The van der Waals surface area contributed by atoms with E-state index in [2.05, 4.69) is 36.5 Å². The molecule has 0 aliphatic heterocycles. The summed E-state index contributed by atoms with van der Waals surface area (Å²) in [6.45, 7) is 6.41. The molecule has 0 amide bonds. The molecule has 0 spiro atoms. The van der Waals surface area contributed by atoms with Gasteiger partial charge in [0.25, 0.3) is 0 Å². The third kappa shape index (κ3) is 4.13. The molecule has 0 aromatic heterocycles. The molecule has 0 fully saturated rings. The van der Waals surface area contributed by atoms with Gasteiger partial charge in [0.15, 0.2) is 0 Å². The number of ether oxygens (including phenoxy) is 1. The molecule has 1 N–H and O–H groups in total. The van der Waals surface area contributed by atoms with Crippen LogP contribution in [0.4, 0.5) is 0 Å². The SMILES string of the molecule is CCNCc1ccc(-c2cc(Cl)c(OCC)cc2Cl)cc1. The fraction of sp³-hybridized carbons (Fsp3) is 0.294. The van der Waals surface area contributed by atoms with E-state index < -0.39 is 0 Å². The molecule has 0 unspecified atom stereocenters. The first-order valence-electron chi connectivity index (χ1n) is 7.07. The highest BCUT2D eigenvalue weighted by Gasteiger charge is 2.10. The molecule has 2 aromatic rings. The summed E-state index contributed by atoms with van der Waals surface area (Å²) in [5.74, 6) is 0.622. The van der Waals surface area contributed by atoms with Gasteiger partial charge in [0, 0.05) is 18.2 Å². The lowest BCUT2D eigenvalue weighted by molar-refractivity contribution is 0.340. The van der Waals surface area contributed by atoms with Crippen molar-refractivity contribution >= 4 is 23.2 Å². The summed E-state index contributed by atoms with van der Waals surface area (Å²) in [4.78, 5) is 0. The second-order valence-electron chi connectivity index (χ2n) is 4.67. The van der Waals surface area contributed by atoms with Gasteiger partial charge >= 0.3 is 0 Å². The van der Waals surface area contributed by atoms with Gasteiger partial charge in [-0.2, -0.15) is 0 Å². The molecule has 0 saturated heterocycles. The number of nitrogens with one attached hydrogen (secondary N) is 1. The second-order valence-corrected chi connectivity index (χ2v) is 5.49. The summed E-state index contributed by atoms with van der Waals surface area (Å²) in [6, 6.07) is 11.9. The van der Waals surface area contributed by atoms with Gasteiger partial charge in [-0.15, -0.1) is 0 Å². The van der Waals surface area contributed by atoms with E-state index >= 15 is 0 Å². The Morgan fingerprint density at radius 1 is 1.00 bits per heavy atom. The summed E-state index contributed by atoms with van der Waals surface area (Å²) >= 11 is 12.6. The number of benzene rings is 2. The maximum atomic E-state index is 6.34. The number of halogens is 2. The topological polar surface area (TPSA) is 21.3 Å². The zero-order valence-corrected chi connectivity index (χ0v) is 13.8. The van der Waals surface area contributed by atoms with E-state index in [1.165, 1.54) is 5.56 Å². The van der Waals surface area contributed by atoms with Crippen LogP contribution in [-0.2, 0) is 6.54 Å². The molecule has 0 saturated carbocycles. The van der Waals surface area contributed by atoms with Crippen LogP contribution >= 0.6 is 23.2 Å².